The van der Waals surface area contributed by atoms with E-state index in [-0.39, 0.29) is 18.9 Å². The van der Waals surface area contributed by atoms with Crippen molar-refractivity contribution in [2.75, 3.05) is 37.5 Å². The van der Waals surface area contributed by atoms with Crippen molar-refractivity contribution in [3.63, 3.8) is 0 Å². The van der Waals surface area contributed by atoms with Crippen LogP contribution in [0.1, 0.15) is 6.42 Å². The molecule has 0 bridgehead atoms. The van der Waals surface area contributed by atoms with E-state index in [0.29, 0.717) is 24.7 Å². The number of benzene rings is 1. The van der Waals surface area contributed by atoms with Gasteiger partial charge in [-0.25, -0.2) is 0 Å². The highest BCUT2D eigenvalue weighted by Crippen LogP contribution is 2.33. The summed E-state index contributed by atoms with van der Waals surface area (Å²) < 4.78 is 44.7. The normalized spacial score (nSPS) is 18.7. The van der Waals surface area contributed by atoms with Crippen LogP contribution in [-0.2, 0) is 19.8 Å². The van der Waals surface area contributed by atoms with Crippen molar-refractivity contribution >= 4 is 21.8 Å². The Bertz CT molecular complexity index is 634. The van der Waals surface area contributed by atoms with E-state index >= 15 is 0 Å². The number of ether oxygens (including phenoxy) is 2. The maximum atomic E-state index is 12.8. The number of rotatable bonds is 7. The van der Waals surface area contributed by atoms with Gasteiger partial charge >= 0.3 is 10.2 Å². The third kappa shape index (κ3) is 4.41. The van der Waals surface area contributed by atoms with Gasteiger partial charge in [-0.3, -0.25) is 4.79 Å². The standard InChI is InChI=1S/C14H18FNO5S/c1-20-6-7-21-13-5-3-2-4-12(13)16-9-11(8-14(16)17)10-22(15,18)19/h2-5,11H,6-10H2,1H3. The van der Waals surface area contributed by atoms with Crippen molar-refractivity contribution in [2.45, 2.75) is 6.42 Å². The Morgan fingerprint density at radius 2 is 2.05 bits per heavy atom. The van der Waals surface area contributed by atoms with Gasteiger partial charge in [0.15, 0.2) is 0 Å². The molecule has 1 aliphatic rings. The third-order valence-corrected chi connectivity index (χ3v) is 4.21. The van der Waals surface area contributed by atoms with Gasteiger partial charge in [0.25, 0.3) is 0 Å². The Morgan fingerprint density at radius 3 is 2.73 bits per heavy atom. The molecule has 1 amide bonds. The monoisotopic (exact) mass is 331 g/mol. The van der Waals surface area contributed by atoms with Gasteiger partial charge in [-0.15, -0.1) is 3.89 Å². The predicted octanol–water partition coefficient (Wildman–Crippen LogP) is 1.36. The lowest BCUT2D eigenvalue weighted by Gasteiger charge is -2.20. The molecule has 1 aromatic carbocycles. The Labute approximate surface area is 129 Å². The minimum atomic E-state index is -4.59. The minimum Gasteiger partial charge on any atom is -0.489 e. The fourth-order valence-corrected chi connectivity index (χ4v) is 3.23. The first-order chi connectivity index (χ1) is 10.4. The molecule has 1 fully saturated rings. The van der Waals surface area contributed by atoms with E-state index < -0.39 is 21.9 Å². The Balaban J connectivity index is 2.12. The highest BCUT2D eigenvalue weighted by Gasteiger charge is 2.34. The summed E-state index contributed by atoms with van der Waals surface area (Å²) in [6, 6.07) is 6.96. The largest absolute Gasteiger partial charge is 0.489 e. The quantitative estimate of drug-likeness (QED) is 0.557. The number of carbonyl (C=O) groups excluding carboxylic acids is 1. The minimum absolute atomic E-state index is 0.00948. The second-order valence-electron chi connectivity index (χ2n) is 5.09. The molecule has 0 aliphatic carbocycles. The molecule has 8 heteroatoms. The topological polar surface area (TPSA) is 72.9 Å². The van der Waals surface area contributed by atoms with E-state index in [9.17, 15) is 17.1 Å². The molecule has 0 saturated carbocycles. The summed E-state index contributed by atoms with van der Waals surface area (Å²) in [6.07, 6.45) is 0.00948. The Morgan fingerprint density at radius 1 is 1.32 bits per heavy atom. The van der Waals surface area contributed by atoms with E-state index in [4.69, 9.17) is 9.47 Å². The van der Waals surface area contributed by atoms with Crippen LogP contribution in [-0.4, -0.2) is 46.9 Å². The summed E-state index contributed by atoms with van der Waals surface area (Å²) in [6.45, 7) is 0.898. The summed E-state index contributed by atoms with van der Waals surface area (Å²) in [7, 11) is -3.03. The molecule has 1 heterocycles. The Kier molecular flexibility index (Phi) is 5.36. The SMILES string of the molecule is COCCOc1ccccc1N1CC(CS(=O)(=O)F)CC1=O. The summed E-state index contributed by atoms with van der Waals surface area (Å²) >= 11 is 0. The zero-order valence-electron chi connectivity index (χ0n) is 12.2. The smallest absolute Gasteiger partial charge is 0.302 e. The van der Waals surface area contributed by atoms with E-state index in [0.717, 1.165) is 0 Å². The fraction of sp³-hybridized carbons (Fsp3) is 0.500. The van der Waals surface area contributed by atoms with Crippen LogP contribution in [0.25, 0.3) is 0 Å². The molecule has 1 aliphatic heterocycles. The summed E-state index contributed by atoms with van der Waals surface area (Å²) in [5, 5.41) is 0. The highest BCUT2D eigenvalue weighted by molar-refractivity contribution is 7.86. The number of hydrogen-bond acceptors (Lipinski definition) is 5. The average molecular weight is 331 g/mol. The lowest BCUT2D eigenvalue weighted by atomic mass is 10.1. The molecule has 22 heavy (non-hydrogen) atoms. The van der Waals surface area contributed by atoms with Crippen LogP contribution in [0.15, 0.2) is 24.3 Å². The molecule has 1 unspecified atom stereocenters. The molecule has 0 radical (unpaired) electrons. The number of nitrogens with zero attached hydrogens (tertiary/aromatic N) is 1. The first-order valence-corrected chi connectivity index (χ1v) is 8.39. The zero-order chi connectivity index (χ0) is 16.2. The van der Waals surface area contributed by atoms with Gasteiger partial charge in [0.05, 0.1) is 18.0 Å². The number of carbonyl (C=O) groups is 1. The molecule has 1 saturated heterocycles. The van der Waals surface area contributed by atoms with Crippen LogP contribution in [0.3, 0.4) is 0 Å². The van der Waals surface area contributed by atoms with Gasteiger partial charge in [0.1, 0.15) is 12.4 Å². The summed E-state index contributed by atoms with van der Waals surface area (Å²) in [5.74, 6) is -0.912. The van der Waals surface area contributed by atoms with E-state index in [2.05, 4.69) is 0 Å². The van der Waals surface area contributed by atoms with Crippen LogP contribution in [0.2, 0.25) is 0 Å². The van der Waals surface area contributed by atoms with Crippen LogP contribution in [0, 0.1) is 5.92 Å². The van der Waals surface area contributed by atoms with Gasteiger partial charge in [-0.2, -0.15) is 8.42 Å². The molecular formula is C14H18FNO5S. The second-order valence-corrected chi connectivity index (χ2v) is 6.50. The van der Waals surface area contributed by atoms with Gasteiger partial charge in [0, 0.05) is 26.0 Å². The van der Waals surface area contributed by atoms with Gasteiger partial charge in [0.2, 0.25) is 5.91 Å². The van der Waals surface area contributed by atoms with Crippen molar-refractivity contribution in [1.29, 1.82) is 0 Å². The molecule has 0 spiro atoms. The van der Waals surface area contributed by atoms with E-state index in [1.807, 2.05) is 0 Å². The van der Waals surface area contributed by atoms with Crippen molar-refractivity contribution in [3.8, 4) is 5.75 Å². The van der Waals surface area contributed by atoms with E-state index in [1.54, 1.807) is 31.4 Å². The van der Waals surface area contributed by atoms with Crippen LogP contribution >= 0.6 is 0 Å². The zero-order valence-corrected chi connectivity index (χ0v) is 13.0. The van der Waals surface area contributed by atoms with Gasteiger partial charge in [-0.05, 0) is 12.1 Å². The fourth-order valence-electron chi connectivity index (χ4n) is 2.44. The van der Waals surface area contributed by atoms with Crippen molar-refractivity contribution in [1.82, 2.24) is 0 Å². The first kappa shape index (κ1) is 16.7. The number of methoxy groups -OCH3 is 1. The molecular weight excluding hydrogens is 313 g/mol. The van der Waals surface area contributed by atoms with Crippen molar-refractivity contribution in [2.24, 2.45) is 5.92 Å². The van der Waals surface area contributed by atoms with Crippen LogP contribution < -0.4 is 9.64 Å². The Hall–Kier alpha value is -1.67. The average Bonchev–Trinajstić information content (AvgIpc) is 2.78. The summed E-state index contributed by atoms with van der Waals surface area (Å²) in [4.78, 5) is 13.5. The molecule has 0 N–H and O–H groups in total. The van der Waals surface area contributed by atoms with E-state index in [1.165, 1.54) is 4.90 Å². The summed E-state index contributed by atoms with van der Waals surface area (Å²) in [5.41, 5.74) is 0.558. The molecule has 1 aromatic rings. The lowest BCUT2D eigenvalue weighted by Crippen LogP contribution is -2.26. The predicted molar refractivity (Wildman–Crippen MR) is 79.2 cm³/mol. The van der Waals surface area contributed by atoms with Gasteiger partial charge < -0.3 is 14.4 Å². The molecule has 2 rings (SSSR count). The number of hydrogen-bond donors (Lipinski definition) is 0. The molecule has 0 aromatic heterocycles. The highest BCUT2D eigenvalue weighted by atomic mass is 32.3. The number of anilines is 1. The number of para-hydroxylation sites is 2. The number of halogens is 1. The van der Waals surface area contributed by atoms with Crippen LogP contribution in [0.5, 0.6) is 5.75 Å². The molecule has 122 valence electrons. The third-order valence-electron chi connectivity index (χ3n) is 3.34. The lowest BCUT2D eigenvalue weighted by molar-refractivity contribution is -0.117. The maximum absolute atomic E-state index is 12.8. The number of amides is 1. The first-order valence-electron chi connectivity index (χ1n) is 6.84. The van der Waals surface area contributed by atoms with Crippen molar-refractivity contribution in [3.05, 3.63) is 24.3 Å². The molecule has 1 atom stereocenters. The van der Waals surface area contributed by atoms with Gasteiger partial charge in [-0.1, -0.05) is 12.1 Å². The van der Waals surface area contributed by atoms with Crippen molar-refractivity contribution < 1.29 is 26.6 Å². The van der Waals surface area contributed by atoms with Crippen LogP contribution in [0.4, 0.5) is 9.57 Å². The maximum Gasteiger partial charge on any atom is 0.302 e. The second kappa shape index (κ2) is 7.06. The molecule has 6 nitrogen and oxygen atoms in total.